The molecule has 1 aliphatic heterocycles. The minimum absolute atomic E-state index is 0.0239. The van der Waals surface area contributed by atoms with E-state index in [-0.39, 0.29) is 10.5 Å². The topological polar surface area (TPSA) is 74.7 Å². The first-order chi connectivity index (χ1) is 12.8. The summed E-state index contributed by atoms with van der Waals surface area (Å²) in [5, 5.41) is 9.64. The Bertz CT molecular complexity index is 982. The number of benzene rings is 2. The van der Waals surface area contributed by atoms with Crippen LogP contribution in [0.25, 0.3) is 0 Å². The molecule has 2 aromatic rings. The molecule has 0 saturated carbocycles. The van der Waals surface area contributed by atoms with Crippen LogP contribution in [0.3, 0.4) is 0 Å². The van der Waals surface area contributed by atoms with Gasteiger partial charge in [0.1, 0.15) is 5.82 Å². The van der Waals surface area contributed by atoms with E-state index in [0.29, 0.717) is 12.0 Å². The maximum Gasteiger partial charge on any atom is 0.333 e. The van der Waals surface area contributed by atoms with Crippen LogP contribution in [0.1, 0.15) is 30.5 Å². The second-order valence-corrected chi connectivity index (χ2v) is 8.35. The fraction of sp³-hybridized carbons (Fsp3) is 0.250. The number of hydrogen-bond donors (Lipinski definition) is 1. The molecule has 5 nitrogen and oxygen atoms in total. The van der Waals surface area contributed by atoms with Crippen molar-refractivity contribution >= 4 is 16.0 Å². The summed E-state index contributed by atoms with van der Waals surface area (Å²) in [5.41, 5.74) is 1.31. The quantitative estimate of drug-likeness (QED) is 0.847. The Morgan fingerprint density at radius 2 is 1.70 bits per heavy atom. The second kappa shape index (κ2) is 7.25. The molecule has 0 bridgehead atoms. The van der Waals surface area contributed by atoms with Crippen molar-refractivity contribution in [2.75, 3.05) is 0 Å². The third-order valence-corrected chi connectivity index (χ3v) is 6.60. The van der Waals surface area contributed by atoms with Crippen molar-refractivity contribution < 1.29 is 22.7 Å². The van der Waals surface area contributed by atoms with Gasteiger partial charge in [0, 0.05) is 6.04 Å². The summed E-state index contributed by atoms with van der Waals surface area (Å²) in [6.45, 7) is 3.65. The lowest BCUT2D eigenvalue weighted by Crippen LogP contribution is -2.38. The van der Waals surface area contributed by atoms with Crippen molar-refractivity contribution in [1.82, 2.24) is 4.31 Å². The average molecular weight is 389 g/mol. The van der Waals surface area contributed by atoms with Crippen LogP contribution < -0.4 is 0 Å². The fourth-order valence-corrected chi connectivity index (χ4v) is 5.11. The highest BCUT2D eigenvalue weighted by molar-refractivity contribution is 7.89. The van der Waals surface area contributed by atoms with Gasteiger partial charge >= 0.3 is 5.97 Å². The summed E-state index contributed by atoms with van der Waals surface area (Å²) in [6, 6.07) is 10.0. The molecule has 1 heterocycles. The Labute approximate surface area is 157 Å². The number of carbonyl (C=O) groups is 1. The van der Waals surface area contributed by atoms with Crippen LogP contribution in [0.4, 0.5) is 4.39 Å². The third-order valence-electron chi connectivity index (χ3n) is 4.70. The van der Waals surface area contributed by atoms with Gasteiger partial charge in [0.2, 0.25) is 10.0 Å². The number of aryl methyl sites for hydroxylation is 1. The third kappa shape index (κ3) is 3.52. The van der Waals surface area contributed by atoms with Gasteiger partial charge in [-0.15, -0.1) is 0 Å². The van der Waals surface area contributed by atoms with E-state index in [1.165, 1.54) is 46.8 Å². The Morgan fingerprint density at radius 1 is 1.11 bits per heavy atom. The van der Waals surface area contributed by atoms with Crippen LogP contribution in [0.5, 0.6) is 0 Å². The molecule has 0 aliphatic carbocycles. The highest BCUT2D eigenvalue weighted by Gasteiger charge is 2.45. The van der Waals surface area contributed by atoms with Crippen LogP contribution in [-0.4, -0.2) is 29.8 Å². The van der Waals surface area contributed by atoms with E-state index in [0.717, 1.165) is 5.56 Å². The van der Waals surface area contributed by atoms with Gasteiger partial charge in [-0.05, 0) is 43.2 Å². The fourth-order valence-electron chi connectivity index (χ4n) is 3.31. The van der Waals surface area contributed by atoms with Crippen molar-refractivity contribution in [3.63, 3.8) is 0 Å². The molecule has 3 rings (SSSR count). The Balaban J connectivity index is 2.16. The zero-order chi connectivity index (χ0) is 19.8. The molecule has 7 heteroatoms. The predicted molar refractivity (Wildman–Crippen MR) is 99.1 cm³/mol. The molecule has 142 valence electrons. The Kier molecular flexibility index (Phi) is 5.17. The van der Waals surface area contributed by atoms with E-state index in [2.05, 4.69) is 0 Å². The van der Waals surface area contributed by atoms with Gasteiger partial charge in [-0.25, -0.2) is 17.6 Å². The van der Waals surface area contributed by atoms with Crippen LogP contribution in [0, 0.1) is 12.7 Å². The van der Waals surface area contributed by atoms with Gasteiger partial charge in [-0.1, -0.05) is 42.8 Å². The van der Waals surface area contributed by atoms with E-state index >= 15 is 0 Å². The van der Waals surface area contributed by atoms with Gasteiger partial charge in [0.15, 0.2) is 0 Å². The highest BCUT2D eigenvalue weighted by atomic mass is 32.2. The maximum atomic E-state index is 13.4. The number of aliphatic carboxylic acids is 1. The Hall–Kier alpha value is -2.51. The SMILES string of the molecule is CC[C@H]1C=C(C(=O)O)[C@@H](c2ccc(F)cc2)N1S(=O)(=O)c1ccc(C)cc1. The first-order valence-corrected chi connectivity index (χ1v) is 10.0. The minimum atomic E-state index is -3.97. The van der Waals surface area contributed by atoms with E-state index in [4.69, 9.17) is 0 Å². The molecular formula is C20H20FNO4S. The lowest BCUT2D eigenvalue weighted by atomic mass is 10.0. The summed E-state index contributed by atoms with van der Waals surface area (Å²) >= 11 is 0. The van der Waals surface area contributed by atoms with Crippen LogP contribution >= 0.6 is 0 Å². The number of rotatable bonds is 5. The zero-order valence-electron chi connectivity index (χ0n) is 15.0. The summed E-state index contributed by atoms with van der Waals surface area (Å²) in [7, 11) is -3.97. The molecule has 0 spiro atoms. The monoisotopic (exact) mass is 389 g/mol. The molecule has 0 aromatic heterocycles. The van der Waals surface area contributed by atoms with Crippen LogP contribution in [0.2, 0.25) is 0 Å². The molecule has 2 atom stereocenters. The molecule has 2 aromatic carbocycles. The van der Waals surface area contributed by atoms with Gasteiger partial charge in [-0.3, -0.25) is 0 Å². The van der Waals surface area contributed by atoms with Crippen molar-refractivity contribution in [3.8, 4) is 0 Å². The predicted octanol–water partition coefficient (Wildman–Crippen LogP) is 3.67. The molecule has 0 fully saturated rings. The average Bonchev–Trinajstić information content (AvgIpc) is 3.03. The number of nitrogens with zero attached hydrogens (tertiary/aromatic N) is 1. The molecule has 0 radical (unpaired) electrons. The first-order valence-electron chi connectivity index (χ1n) is 8.56. The van der Waals surface area contributed by atoms with E-state index in [1.54, 1.807) is 19.1 Å². The standard InChI is InChI=1S/C20H20FNO4S/c1-3-16-12-18(20(23)24)19(14-6-8-15(21)9-7-14)22(16)27(25,26)17-10-4-13(2)5-11-17/h4-12,16,19H,3H2,1-2H3,(H,23,24)/t16-,19+/m0/s1. The molecule has 0 saturated heterocycles. The van der Waals surface area contributed by atoms with Gasteiger partial charge in [0.25, 0.3) is 0 Å². The highest BCUT2D eigenvalue weighted by Crippen LogP contribution is 2.41. The lowest BCUT2D eigenvalue weighted by Gasteiger charge is -2.30. The maximum absolute atomic E-state index is 13.4. The first kappa shape index (κ1) is 19.3. The molecule has 27 heavy (non-hydrogen) atoms. The van der Waals surface area contributed by atoms with Crippen molar-refractivity contribution in [2.45, 2.75) is 37.2 Å². The number of halogens is 1. The van der Waals surface area contributed by atoms with Gasteiger partial charge < -0.3 is 5.11 Å². The molecule has 0 amide bonds. The number of carboxylic acids is 1. The summed E-state index contributed by atoms with van der Waals surface area (Å²) in [5.74, 6) is -1.66. The normalized spacial score (nSPS) is 20.5. The van der Waals surface area contributed by atoms with Crippen LogP contribution in [0.15, 0.2) is 65.1 Å². The van der Waals surface area contributed by atoms with E-state index in [1.807, 2.05) is 6.92 Å². The van der Waals surface area contributed by atoms with Gasteiger partial charge in [-0.2, -0.15) is 4.31 Å². The smallest absolute Gasteiger partial charge is 0.333 e. The molecule has 0 unspecified atom stereocenters. The summed E-state index contributed by atoms with van der Waals surface area (Å²) < 4.78 is 41.3. The lowest BCUT2D eigenvalue weighted by molar-refractivity contribution is -0.133. The number of hydrogen-bond acceptors (Lipinski definition) is 3. The van der Waals surface area contributed by atoms with E-state index in [9.17, 15) is 22.7 Å². The summed E-state index contributed by atoms with van der Waals surface area (Å²) in [6.07, 6.45) is 1.89. The minimum Gasteiger partial charge on any atom is -0.478 e. The van der Waals surface area contributed by atoms with Crippen molar-refractivity contribution in [3.05, 3.63) is 77.1 Å². The number of sulfonamides is 1. The summed E-state index contributed by atoms with van der Waals surface area (Å²) in [4.78, 5) is 11.9. The van der Waals surface area contributed by atoms with E-state index < -0.39 is 33.9 Å². The van der Waals surface area contributed by atoms with Crippen molar-refractivity contribution in [2.24, 2.45) is 0 Å². The van der Waals surface area contributed by atoms with Crippen molar-refractivity contribution in [1.29, 1.82) is 0 Å². The molecule has 1 N–H and O–H groups in total. The van der Waals surface area contributed by atoms with Crippen LogP contribution in [-0.2, 0) is 14.8 Å². The zero-order valence-corrected chi connectivity index (χ0v) is 15.8. The number of carboxylic acid groups (broad SMARTS) is 1. The molecular weight excluding hydrogens is 369 g/mol. The van der Waals surface area contributed by atoms with Gasteiger partial charge in [0.05, 0.1) is 16.5 Å². The Morgan fingerprint density at radius 3 is 2.22 bits per heavy atom. The largest absolute Gasteiger partial charge is 0.478 e. The second-order valence-electron chi connectivity index (χ2n) is 6.50. The molecule has 1 aliphatic rings.